The molecule has 0 aliphatic heterocycles. The van der Waals surface area contributed by atoms with Gasteiger partial charge in [0.25, 0.3) is 5.56 Å². The predicted molar refractivity (Wildman–Crippen MR) is 78.6 cm³/mol. The second kappa shape index (κ2) is 3.71. The lowest BCUT2D eigenvalue weighted by atomic mass is 10.2. The third-order valence-corrected chi connectivity index (χ3v) is 3.76. The van der Waals surface area contributed by atoms with E-state index < -0.39 is 0 Å². The first kappa shape index (κ1) is 10.8. The van der Waals surface area contributed by atoms with Crippen molar-refractivity contribution in [3.8, 4) is 0 Å². The minimum atomic E-state index is -0.0510. The van der Waals surface area contributed by atoms with Crippen LogP contribution in [0.5, 0.6) is 0 Å². The van der Waals surface area contributed by atoms with Crippen LogP contribution >= 0.6 is 15.9 Å². The molecular weight excluding hydrogens is 306 g/mol. The zero-order chi connectivity index (χ0) is 13.0. The van der Waals surface area contributed by atoms with Gasteiger partial charge in [0.05, 0.1) is 10.9 Å². The summed E-state index contributed by atoms with van der Waals surface area (Å²) in [5.74, 6) is 0. The van der Waals surface area contributed by atoms with Gasteiger partial charge in [-0.15, -0.1) is 0 Å². The monoisotopic (exact) mass is 313 g/mol. The van der Waals surface area contributed by atoms with Crippen LogP contribution in [0.3, 0.4) is 0 Å². The van der Waals surface area contributed by atoms with E-state index in [0.717, 1.165) is 15.4 Å². The van der Waals surface area contributed by atoms with Gasteiger partial charge in [0, 0.05) is 15.9 Å². The molecular formula is C15H8BrNO2. The van der Waals surface area contributed by atoms with E-state index in [1.807, 2.05) is 42.5 Å². The Morgan fingerprint density at radius 3 is 2.79 bits per heavy atom. The van der Waals surface area contributed by atoms with Gasteiger partial charge in [0.2, 0.25) is 5.71 Å². The summed E-state index contributed by atoms with van der Waals surface area (Å²) in [7, 11) is 0. The summed E-state index contributed by atoms with van der Waals surface area (Å²) < 4.78 is 8.35. The number of hydrogen-bond acceptors (Lipinski definition) is 2. The fourth-order valence-corrected chi connectivity index (χ4v) is 2.75. The number of benzene rings is 2. The van der Waals surface area contributed by atoms with E-state index in [1.54, 1.807) is 10.5 Å². The number of halogens is 1. The van der Waals surface area contributed by atoms with Gasteiger partial charge in [0.1, 0.15) is 5.58 Å². The Kier molecular flexibility index (Phi) is 2.11. The largest absolute Gasteiger partial charge is 0.440 e. The molecule has 0 unspecified atom stereocenters. The molecule has 4 heteroatoms. The highest BCUT2D eigenvalue weighted by molar-refractivity contribution is 9.10. The number of fused-ring (bicyclic) bond motifs is 4. The molecule has 0 aliphatic rings. The molecule has 0 bridgehead atoms. The Hall–Kier alpha value is -2.07. The molecule has 19 heavy (non-hydrogen) atoms. The maximum Gasteiger partial charge on any atom is 0.269 e. The molecule has 0 radical (unpaired) electrons. The van der Waals surface area contributed by atoms with Crippen LogP contribution in [-0.4, -0.2) is 4.40 Å². The van der Waals surface area contributed by atoms with Crippen molar-refractivity contribution in [2.24, 2.45) is 0 Å². The van der Waals surface area contributed by atoms with Crippen molar-refractivity contribution in [3.63, 3.8) is 0 Å². The maximum atomic E-state index is 12.6. The van der Waals surface area contributed by atoms with Crippen molar-refractivity contribution in [1.29, 1.82) is 0 Å². The summed E-state index contributed by atoms with van der Waals surface area (Å²) in [5, 5.41) is 1.58. The lowest BCUT2D eigenvalue weighted by Gasteiger charge is -2.00. The Labute approximate surface area is 116 Å². The predicted octanol–water partition coefficient (Wildman–Crippen LogP) is 3.96. The quantitative estimate of drug-likeness (QED) is 0.492. The van der Waals surface area contributed by atoms with Crippen molar-refractivity contribution in [1.82, 2.24) is 4.40 Å². The van der Waals surface area contributed by atoms with Crippen molar-refractivity contribution in [2.45, 2.75) is 0 Å². The van der Waals surface area contributed by atoms with Crippen LogP contribution in [0.4, 0.5) is 0 Å². The molecule has 0 aliphatic carbocycles. The standard InChI is InChI=1S/C15H8BrNO2/c16-10-6-5-9-7-14-17(12(9)8-10)15(18)11-3-1-2-4-13(11)19-14/h1-8H. The van der Waals surface area contributed by atoms with Crippen molar-refractivity contribution in [3.05, 3.63) is 63.4 Å². The van der Waals surface area contributed by atoms with Gasteiger partial charge >= 0.3 is 0 Å². The Morgan fingerprint density at radius 2 is 1.89 bits per heavy atom. The number of para-hydroxylation sites is 1. The number of nitrogens with zero attached hydrogens (tertiary/aromatic N) is 1. The smallest absolute Gasteiger partial charge is 0.269 e. The summed E-state index contributed by atoms with van der Waals surface area (Å²) in [5.41, 5.74) is 1.98. The number of hydrogen-bond donors (Lipinski definition) is 0. The maximum absolute atomic E-state index is 12.6. The average molecular weight is 314 g/mol. The Morgan fingerprint density at radius 1 is 1.05 bits per heavy atom. The molecule has 92 valence electrons. The first-order valence-corrected chi connectivity index (χ1v) is 6.66. The van der Waals surface area contributed by atoms with Crippen molar-refractivity contribution < 1.29 is 4.42 Å². The minimum absolute atomic E-state index is 0.0510. The first-order chi connectivity index (χ1) is 9.24. The summed E-state index contributed by atoms with van der Waals surface area (Å²) in [6, 6.07) is 15.0. The molecule has 0 atom stereocenters. The molecule has 0 fully saturated rings. The summed E-state index contributed by atoms with van der Waals surface area (Å²) in [6.45, 7) is 0. The molecule has 4 aromatic rings. The van der Waals surface area contributed by atoms with Crippen LogP contribution < -0.4 is 5.56 Å². The molecule has 0 amide bonds. The minimum Gasteiger partial charge on any atom is -0.440 e. The fraction of sp³-hybridized carbons (Fsp3) is 0. The normalized spacial score (nSPS) is 11.6. The number of rotatable bonds is 0. The molecule has 0 saturated heterocycles. The van der Waals surface area contributed by atoms with E-state index in [4.69, 9.17) is 4.42 Å². The first-order valence-electron chi connectivity index (χ1n) is 5.86. The van der Waals surface area contributed by atoms with Crippen molar-refractivity contribution in [2.75, 3.05) is 0 Å². The van der Waals surface area contributed by atoms with E-state index >= 15 is 0 Å². The topological polar surface area (TPSA) is 34.6 Å². The molecule has 0 N–H and O–H groups in total. The summed E-state index contributed by atoms with van der Waals surface area (Å²) in [6.07, 6.45) is 0. The molecule has 2 aromatic carbocycles. The molecule has 0 spiro atoms. The summed E-state index contributed by atoms with van der Waals surface area (Å²) in [4.78, 5) is 12.6. The van der Waals surface area contributed by atoms with Crippen LogP contribution in [0.2, 0.25) is 0 Å². The van der Waals surface area contributed by atoms with Crippen LogP contribution in [0.25, 0.3) is 27.6 Å². The summed E-state index contributed by atoms with van der Waals surface area (Å²) >= 11 is 3.43. The number of aromatic nitrogens is 1. The third-order valence-electron chi connectivity index (χ3n) is 3.27. The highest BCUT2D eigenvalue weighted by Crippen LogP contribution is 2.24. The van der Waals surface area contributed by atoms with E-state index in [0.29, 0.717) is 16.7 Å². The van der Waals surface area contributed by atoms with Crippen LogP contribution in [0.15, 0.2) is 62.2 Å². The molecule has 4 rings (SSSR count). The van der Waals surface area contributed by atoms with Crippen LogP contribution in [0, 0.1) is 0 Å². The van der Waals surface area contributed by atoms with Crippen molar-refractivity contribution >= 4 is 43.5 Å². The highest BCUT2D eigenvalue weighted by Gasteiger charge is 2.11. The van der Waals surface area contributed by atoms with E-state index in [-0.39, 0.29) is 5.56 Å². The molecule has 0 saturated carbocycles. The van der Waals surface area contributed by atoms with Gasteiger partial charge in [-0.1, -0.05) is 34.1 Å². The van der Waals surface area contributed by atoms with Gasteiger partial charge in [-0.25, -0.2) is 4.40 Å². The zero-order valence-electron chi connectivity index (χ0n) is 9.76. The Balaban J connectivity index is 2.35. The average Bonchev–Trinajstić information content (AvgIpc) is 2.76. The van der Waals surface area contributed by atoms with Crippen LogP contribution in [-0.2, 0) is 0 Å². The van der Waals surface area contributed by atoms with E-state index in [1.165, 1.54) is 0 Å². The lowest BCUT2D eigenvalue weighted by Crippen LogP contribution is -2.11. The molecule has 2 aromatic heterocycles. The molecule has 2 heterocycles. The van der Waals surface area contributed by atoms with Gasteiger partial charge in [-0.05, 0) is 24.3 Å². The van der Waals surface area contributed by atoms with E-state index in [9.17, 15) is 4.79 Å². The second-order valence-corrected chi connectivity index (χ2v) is 5.34. The fourth-order valence-electron chi connectivity index (χ4n) is 2.40. The van der Waals surface area contributed by atoms with E-state index in [2.05, 4.69) is 15.9 Å². The highest BCUT2D eigenvalue weighted by atomic mass is 79.9. The molecule has 3 nitrogen and oxygen atoms in total. The Bertz CT molecular complexity index is 997. The van der Waals surface area contributed by atoms with Gasteiger partial charge in [0.15, 0.2) is 0 Å². The van der Waals surface area contributed by atoms with Gasteiger partial charge in [-0.3, -0.25) is 4.79 Å². The third kappa shape index (κ3) is 1.47. The lowest BCUT2D eigenvalue weighted by molar-refractivity contribution is 0.631. The van der Waals surface area contributed by atoms with Crippen LogP contribution in [0.1, 0.15) is 0 Å². The SMILES string of the molecule is O=c1c2ccccc2oc2cc3ccc(Br)cc3n12. The second-order valence-electron chi connectivity index (χ2n) is 4.42. The van der Waals surface area contributed by atoms with Gasteiger partial charge in [-0.2, -0.15) is 0 Å². The van der Waals surface area contributed by atoms with Gasteiger partial charge < -0.3 is 4.42 Å². The zero-order valence-corrected chi connectivity index (χ0v) is 11.3.